The number of carbonyl (C=O) groups excluding carboxylic acids is 2. The lowest BCUT2D eigenvalue weighted by Crippen LogP contribution is -2.30. The summed E-state index contributed by atoms with van der Waals surface area (Å²) in [5.41, 5.74) is 3.04. The Morgan fingerprint density at radius 3 is 2.39 bits per heavy atom. The zero-order valence-electron chi connectivity index (χ0n) is 16.5. The number of hydrogen-bond donors (Lipinski definition) is 1. The van der Waals surface area contributed by atoms with Gasteiger partial charge in [0.2, 0.25) is 0 Å². The number of ether oxygens (including phenoxy) is 1. The molecule has 7 nitrogen and oxygen atoms in total. The van der Waals surface area contributed by atoms with Crippen molar-refractivity contribution in [1.82, 2.24) is 14.7 Å². The third-order valence-corrected chi connectivity index (χ3v) is 4.65. The second-order valence-corrected chi connectivity index (χ2v) is 6.80. The van der Waals surface area contributed by atoms with Crippen molar-refractivity contribution in [3.63, 3.8) is 0 Å². The van der Waals surface area contributed by atoms with Crippen molar-refractivity contribution < 1.29 is 14.3 Å². The van der Waals surface area contributed by atoms with E-state index in [1.54, 1.807) is 36.5 Å². The first-order chi connectivity index (χ1) is 15.1. The maximum absolute atomic E-state index is 12.3. The molecule has 0 unspecified atom stereocenters. The van der Waals surface area contributed by atoms with Crippen LogP contribution in [0.15, 0.2) is 89.9 Å². The molecule has 0 saturated carbocycles. The summed E-state index contributed by atoms with van der Waals surface area (Å²) in [4.78, 5) is 40.6. The van der Waals surface area contributed by atoms with E-state index in [0.717, 1.165) is 11.1 Å². The molecule has 2 heterocycles. The molecule has 0 fully saturated rings. The second kappa shape index (κ2) is 9.04. The Morgan fingerprint density at radius 1 is 0.903 bits per heavy atom. The van der Waals surface area contributed by atoms with E-state index >= 15 is 0 Å². The highest BCUT2D eigenvalue weighted by atomic mass is 16.5. The Bertz CT molecular complexity index is 1280. The Morgan fingerprint density at radius 2 is 1.61 bits per heavy atom. The van der Waals surface area contributed by atoms with Gasteiger partial charge in [0.25, 0.3) is 11.5 Å². The summed E-state index contributed by atoms with van der Waals surface area (Å²) in [7, 11) is 0. The molecule has 1 N–H and O–H groups in total. The Hall–Kier alpha value is -4.26. The van der Waals surface area contributed by atoms with Crippen LogP contribution in [0, 0.1) is 0 Å². The number of nitrogens with zero attached hydrogens (tertiary/aromatic N) is 2. The van der Waals surface area contributed by atoms with E-state index in [0.29, 0.717) is 16.9 Å². The molecule has 4 rings (SSSR count). The first-order valence-electron chi connectivity index (χ1n) is 9.67. The number of nitrogens with one attached hydrogen (secondary N) is 1. The first kappa shape index (κ1) is 20.0. The minimum atomic E-state index is -0.621. The van der Waals surface area contributed by atoms with Crippen LogP contribution in [0.3, 0.4) is 0 Å². The van der Waals surface area contributed by atoms with Gasteiger partial charge in [-0.05, 0) is 35.4 Å². The van der Waals surface area contributed by atoms with Gasteiger partial charge in [-0.1, -0.05) is 48.5 Å². The molecule has 0 saturated heterocycles. The zero-order valence-corrected chi connectivity index (χ0v) is 16.5. The molecule has 0 atom stereocenters. The average molecular weight is 413 g/mol. The molecular formula is C24H19N3O4. The molecule has 7 heteroatoms. The number of aromatic nitrogens is 2. The van der Waals surface area contributed by atoms with Crippen LogP contribution in [0.25, 0.3) is 16.8 Å². The van der Waals surface area contributed by atoms with Crippen LogP contribution in [-0.2, 0) is 16.1 Å². The molecule has 4 aromatic rings. The summed E-state index contributed by atoms with van der Waals surface area (Å²) in [6, 6.07) is 23.4. The normalized spacial score (nSPS) is 10.6. The van der Waals surface area contributed by atoms with Crippen LogP contribution in [-0.4, -0.2) is 27.8 Å². The standard InChI is InChI=1S/C24H19N3O4/c28-22-14-20(26-21-8-4-5-13-27(21)22)16-31-23(29)15-25-24(30)19-11-9-18(10-12-19)17-6-2-1-3-7-17/h1-14H,15-16H2,(H,25,30). The molecule has 0 aliphatic rings. The molecule has 0 spiro atoms. The number of esters is 1. The Labute approximate surface area is 178 Å². The van der Waals surface area contributed by atoms with Crippen molar-refractivity contribution >= 4 is 17.5 Å². The average Bonchev–Trinajstić information content (AvgIpc) is 2.82. The van der Waals surface area contributed by atoms with Crippen LogP contribution >= 0.6 is 0 Å². The summed E-state index contributed by atoms with van der Waals surface area (Å²) in [5, 5.41) is 2.54. The van der Waals surface area contributed by atoms with E-state index in [4.69, 9.17) is 4.74 Å². The van der Waals surface area contributed by atoms with Crippen molar-refractivity contribution in [2.24, 2.45) is 0 Å². The van der Waals surface area contributed by atoms with Crippen LogP contribution in [0.2, 0.25) is 0 Å². The van der Waals surface area contributed by atoms with E-state index in [1.165, 1.54) is 10.5 Å². The molecule has 1 amide bonds. The first-order valence-corrected chi connectivity index (χ1v) is 9.67. The largest absolute Gasteiger partial charge is 0.458 e. The predicted molar refractivity (Wildman–Crippen MR) is 115 cm³/mol. The van der Waals surface area contributed by atoms with Crippen LogP contribution in [0.1, 0.15) is 16.1 Å². The maximum atomic E-state index is 12.3. The van der Waals surface area contributed by atoms with Gasteiger partial charge in [0, 0.05) is 17.8 Å². The molecule has 0 radical (unpaired) electrons. The van der Waals surface area contributed by atoms with E-state index in [9.17, 15) is 14.4 Å². The molecule has 2 aromatic carbocycles. The quantitative estimate of drug-likeness (QED) is 0.491. The fourth-order valence-corrected chi connectivity index (χ4v) is 3.08. The second-order valence-electron chi connectivity index (χ2n) is 6.80. The van der Waals surface area contributed by atoms with Crippen molar-refractivity contribution in [3.8, 4) is 11.1 Å². The van der Waals surface area contributed by atoms with E-state index in [2.05, 4.69) is 10.3 Å². The van der Waals surface area contributed by atoms with Crippen molar-refractivity contribution in [3.05, 3.63) is 107 Å². The third-order valence-electron chi connectivity index (χ3n) is 4.65. The maximum Gasteiger partial charge on any atom is 0.325 e. The van der Waals surface area contributed by atoms with Gasteiger partial charge in [-0.2, -0.15) is 0 Å². The van der Waals surface area contributed by atoms with Gasteiger partial charge in [0.1, 0.15) is 18.8 Å². The number of hydrogen-bond acceptors (Lipinski definition) is 5. The summed E-state index contributed by atoms with van der Waals surface area (Å²) in [6.45, 7) is -0.438. The molecule has 0 aliphatic carbocycles. The topological polar surface area (TPSA) is 89.8 Å². The van der Waals surface area contributed by atoms with Gasteiger partial charge in [-0.25, -0.2) is 4.98 Å². The molecular weight excluding hydrogens is 394 g/mol. The lowest BCUT2D eigenvalue weighted by atomic mass is 10.0. The van der Waals surface area contributed by atoms with Crippen LogP contribution in [0.5, 0.6) is 0 Å². The highest BCUT2D eigenvalue weighted by Gasteiger charge is 2.10. The molecule has 2 aromatic heterocycles. The molecule has 31 heavy (non-hydrogen) atoms. The fraction of sp³-hybridized carbons (Fsp3) is 0.0833. The summed E-state index contributed by atoms with van der Waals surface area (Å²) in [6.07, 6.45) is 1.61. The van der Waals surface area contributed by atoms with E-state index in [-0.39, 0.29) is 24.6 Å². The van der Waals surface area contributed by atoms with Gasteiger partial charge in [-0.15, -0.1) is 0 Å². The lowest BCUT2D eigenvalue weighted by Gasteiger charge is -2.08. The van der Waals surface area contributed by atoms with Crippen LogP contribution in [0.4, 0.5) is 0 Å². The third kappa shape index (κ3) is 4.84. The van der Waals surface area contributed by atoms with E-state index < -0.39 is 5.97 Å². The number of amides is 1. The fourth-order valence-electron chi connectivity index (χ4n) is 3.08. The number of carbonyl (C=O) groups is 2. The highest BCUT2D eigenvalue weighted by Crippen LogP contribution is 2.19. The number of benzene rings is 2. The Kier molecular flexibility index (Phi) is 5.84. The lowest BCUT2D eigenvalue weighted by molar-refractivity contribution is -0.143. The minimum absolute atomic E-state index is 0.152. The smallest absolute Gasteiger partial charge is 0.325 e. The zero-order chi connectivity index (χ0) is 21.6. The van der Waals surface area contributed by atoms with Gasteiger partial charge in [0.05, 0.1) is 5.69 Å². The monoisotopic (exact) mass is 413 g/mol. The van der Waals surface area contributed by atoms with Crippen LogP contribution < -0.4 is 10.9 Å². The van der Waals surface area contributed by atoms with Crippen molar-refractivity contribution in [1.29, 1.82) is 0 Å². The van der Waals surface area contributed by atoms with Gasteiger partial charge < -0.3 is 10.1 Å². The molecule has 154 valence electrons. The minimum Gasteiger partial charge on any atom is -0.458 e. The SMILES string of the molecule is O=C(CNC(=O)c1ccc(-c2ccccc2)cc1)OCc1cc(=O)n2ccccc2n1. The number of fused-ring (bicyclic) bond motifs is 1. The predicted octanol–water partition coefficient (Wildman–Crippen LogP) is 2.83. The molecule has 0 bridgehead atoms. The summed E-state index contributed by atoms with van der Waals surface area (Å²) in [5.74, 6) is -0.997. The van der Waals surface area contributed by atoms with Crippen molar-refractivity contribution in [2.45, 2.75) is 6.61 Å². The summed E-state index contributed by atoms with van der Waals surface area (Å²) < 4.78 is 6.53. The van der Waals surface area contributed by atoms with E-state index in [1.807, 2.05) is 42.5 Å². The highest BCUT2D eigenvalue weighted by molar-refractivity contribution is 5.96. The molecule has 0 aliphatic heterocycles. The van der Waals surface area contributed by atoms with Crippen molar-refractivity contribution in [2.75, 3.05) is 6.54 Å². The number of rotatable bonds is 6. The van der Waals surface area contributed by atoms with Gasteiger partial charge >= 0.3 is 5.97 Å². The summed E-state index contributed by atoms with van der Waals surface area (Å²) >= 11 is 0. The Balaban J connectivity index is 1.30. The van der Waals surface area contributed by atoms with Gasteiger partial charge in [0.15, 0.2) is 0 Å². The number of pyridine rings is 1. The van der Waals surface area contributed by atoms with Gasteiger partial charge in [-0.3, -0.25) is 18.8 Å².